The first kappa shape index (κ1) is 27.5. The summed E-state index contributed by atoms with van der Waals surface area (Å²) in [5, 5.41) is 3.02. The van der Waals surface area contributed by atoms with Gasteiger partial charge in [-0.05, 0) is 48.7 Å². The Labute approximate surface area is 218 Å². The molecular formula is C30H35FN2O2S. The monoisotopic (exact) mass is 506 g/mol. The molecule has 0 radical (unpaired) electrons. The maximum Gasteiger partial charge on any atom is 0.243 e. The standard InChI is InChI=1S/C30H35FN2O2S/c1-3-4-19-32-30(35)28(21-24-8-6-5-7-9-24)33(22-25-12-14-26(31)15-13-25)29(34)18-20-36-27-16-10-23(2)11-17-27/h5-17,28H,3-4,18-22H2,1-2H3,(H,32,35)/t28-/m0/s1. The number of aryl methyl sites for hydroxylation is 1. The van der Waals surface area contributed by atoms with Crippen molar-refractivity contribution in [3.63, 3.8) is 0 Å². The maximum atomic E-state index is 13.6. The number of carbonyl (C=O) groups is 2. The molecule has 0 bridgehead atoms. The lowest BCUT2D eigenvalue weighted by molar-refractivity contribution is -0.141. The van der Waals surface area contributed by atoms with Gasteiger partial charge in [-0.3, -0.25) is 9.59 Å². The number of rotatable bonds is 13. The second kappa shape index (κ2) is 14.4. The summed E-state index contributed by atoms with van der Waals surface area (Å²) in [5.74, 6) is 0.0286. The molecule has 0 saturated carbocycles. The molecule has 2 amide bonds. The van der Waals surface area contributed by atoms with Gasteiger partial charge in [0.15, 0.2) is 0 Å². The van der Waals surface area contributed by atoms with Crippen LogP contribution in [0.4, 0.5) is 4.39 Å². The van der Waals surface area contributed by atoms with E-state index in [-0.39, 0.29) is 24.2 Å². The minimum absolute atomic E-state index is 0.0921. The normalized spacial score (nSPS) is 11.6. The summed E-state index contributed by atoms with van der Waals surface area (Å²) < 4.78 is 13.5. The molecule has 0 aliphatic carbocycles. The van der Waals surface area contributed by atoms with Crippen LogP contribution in [0, 0.1) is 12.7 Å². The highest BCUT2D eigenvalue weighted by molar-refractivity contribution is 7.99. The first-order valence-electron chi connectivity index (χ1n) is 12.5. The van der Waals surface area contributed by atoms with Gasteiger partial charge in [0.25, 0.3) is 0 Å². The average molecular weight is 507 g/mol. The first-order valence-corrected chi connectivity index (χ1v) is 13.5. The minimum Gasteiger partial charge on any atom is -0.354 e. The van der Waals surface area contributed by atoms with E-state index < -0.39 is 6.04 Å². The van der Waals surface area contributed by atoms with Gasteiger partial charge in [-0.25, -0.2) is 4.39 Å². The molecule has 3 aromatic carbocycles. The molecule has 6 heteroatoms. The molecule has 0 heterocycles. The summed E-state index contributed by atoms with van der Waals surface area (Å²) in [5.41, 5.74) is 2.97. The van der Waals surface area contributed by atoms with E-state index in [2.05, 4.69) is 36.5 Å². The topological polar surface area (TPSA) is 49.4 Å². The van der Waals surface area contributed by atoms with Crippen LogP contribution < -0.4 is 5.32 Å². The van der Waals surface area contributed by atoms with E-state index in [4.69, 9.17) is 0 Å². The largest absolute Gasteiger partial charge is 0.354 e. The van der Waals surface area contributed by atoms with Gasteiger partial charge in [0.05, 0.1) is 0 Å². The third-order valence-electron chi connectivity index (χ3n) is 5.97. The Balaban J connectivity index is 1.81. The van der Waals surface area contributed by atoms with Crippen molar-refractivity contribution >= 4 is 23.6 Å². The smallest absolute Gasteiger partial charge is 0.243 e. The highest BCUT2D eigenvalue weighted by atomic mass is 32.2. The summed E-state index contributed by atoms with van der Waals surface area (Å²) in [6, 6.07) is 23.4. The van der Waals surface area contributed by atoms with Crippen molar-refractivity contribution in [3.8, 4) is 0 Å². The molecule has 190 valence electrons. The van der Waals surface area contributed by atoms with Crippen molar-refractivity contribution < 1.29 is 14.0 Å². The maximum absolute atomic E-state index is 13.6. The van der Waals surface area contributed by atoms with Crippen LogP contribution in [0.15, 0.2) is 83.8 Å². The number of thioether (sulfide) groups is 1. The summed E-state index contributed by atoms with van der Waals surface area (Å²) >= 11 is 1.63. The number of nitrogens with zero attached hydrogens (tertiary/aromatic N) is 1. The van der Waals surface area contributed by atoms with E-state index in [0.717, 1.165) is 28.9 Å². The van der Waals surface area contributed by atoms with E-state index in [1.165, 1.54) is 17.7 Å². The highest BCUT2D eigenvalue weighted by Crippen LogP contribution is 2.21. The second-order valence-corrected chi connectivity index (χ2v) is 10.1. The molecule has 0 aromatic heterocycles. The van der Waals surface area contributed by atoms with E-state index in [1.54, 1.807) is 28.8 Å². The van der Waals surface area contributed by atoms with Gasteiger partial charge in [0.2, 0.25) is 11.8 Å². The number of benzene rings is 3. The Morgan fingerprint density at radius 1 is 0.944 bits per heavy atom. The van der Waals surface area contributed by atoms with Gasteiger partial charge in [0.1, 0.15) is 11.9 Å². The van der Waals surface area contributed by atoms with Gasteiger partial charge in [-0.1, -0.05) is 73.5 Å². The number of nitrogens with one attached hydrogen (secondary N) is 1. The zero-order valence-electron chi connectivity index (χ0n) is 21.1. The lowest BCUT2D eigenvalue weighted by Crippen LogP contribution is -2.50. The van der Waals surface area contributed by atoms with Crippen LogP contribution in [0.2, 0.25) is 0 Å². The fraction of sp³-hybridized carbons (Fsp3) is 0.333. The summed E-state index contributed by atoms with van der Waals surface area (Å²) in [7, 11) is 0. The second-order valence-electron chi connectivity index (χ2n) is 8.91. The third-order valence-corrected chi connectivity index (χ3v) is 6.99. The van der Waals surface area contributed by atoms with Crippen LogP contribution in [0.5, 0.6) is 0 Å². The lowest BCUT2D eigenvalue weighted by atomic mass is 10.0. The van der Waals surface area contributed by atoms with Crippen molar-refractivity contribution in [2.24, 2.45) is 0 Å². The molecule has 4 nitrogen and oxygen atoms in total. The van der Waals surface area contributed by atoms with Gasteiger partial charge in [-0.2, -0.15) is 0 Å². The molecule has 3 rings (SSSR count). The molecular weight excluding hydrogens is 471 g/mol. The molecule has 0 aliphatic rings. The molecule has 0 fully saturated rings. The molecule has 0 unspecified atom stereocenters. The van der Waals surface area contributed by atoms with E-state index in [0.29, 0.717) is 25.1 Å². The van der Waals surface area contributed by atoms with Crippen LogP contribution in [0.3, 0.4) is 0 Å². The van der Waals surface area contributed by atoms with Crippen molar-refractivity contribution in [3.05, 3.63) is 101 Å². The zero-order valence-corrected chi connectivity index (χ0v) is 21.9. The van der Waals surface area contributed by atoms with Gasteiger partial charge < -0.3 is 10.2 Å². The van der Waals surface area contributed by atoms with E-state index in [1.807, 2.05) is 37.3 Å². The Bertz CT molecular complexity index is 1090. The Morgan fingerprint density at radius 3 is 2.31 bits per heavy atom. The number of unbranched alkanes of at least 4 members (excludes halogenated alkanes) is 1. The molecule has 36 heavy (non-hydrogen) atoms. The molecule has 1 N–H and O–H groups in total. The minimum atomic E-state index is -0.661. The Kier molecular flexibility index (Phi) is 11.0. The summed E-state index contributed by atoms with van der Waals surface area (Å²) in [6.07, 6.45) is 2.56. The zero-order chi connectivity index (χ0) is 25.8. The van der Waals surface area contributed by atoms with Gasteiger partial charge in [0, 0.05) is 36.6 Å². The summed E-state index contributed by atoms with van der Waals surface area (Å²) in [4.78, 5) is 29.7. The van der Waals surface area contributed by atoms with Crippen molar-refractivity contribution in [1.29, 1.82) is 0 Å². The SMILES string of the molecule is CCCCNC(=O)[C@H](Cc1ccccc1)N(Cc1ccc(F)cc1)C(=O)CCSc1ccc(C)cc1. The van der Waals surface area contributed by atoms with Crippen LogP contribution in [0.25, 0.3) is 0 Å². The molecule has 1 atom stereocenters. The number of hydrogen-bond acceptors (Lipinski definition) is 3. The van der Waals surface area contributed by atoms with Crippen LogP contribution in [-0.2, 0) is 22.6 Å². The van der Waals surface area contributed by atoms with Crippen molar-refractivity contribution in [1.82, 2.24) is 10.2 Å². The fourth-order valence-electron chi connectivity index (χ4n) is 3.88. The Hall–Kier alpha value is -3.12. The van der Waals surface area contributed by atoms with Crippen LogP contribution in [-0.4, -0.2) is 35.1 Å². The first-order chi connectivity index (χ1) is 17.5. The quantitative estimate of drug-likeness (QED) is 0.223. The fourth-order valence-corrected chi connectivity index (χ4v) is 4.72. The van der Waals surface area contributed by atoms with Gasteiger partial charge in [-0.15, -0.1) is 11.8 Å². The predicted molar refractivity (Wildman–Crippen MR) is 145 cm³/mol. The number of halogens is 1. The van der Waals surface area contributed by atoms with Crippen molar-refractivity contribution in [2.45, 2.75) is 57.0 Å². The summed E-state index contributed by atoms with van der Waals surface area (Å²) in [6.45, 7) is 4.93. The predicted octanol–water partition coefficient (Wildman–Crippen LogP) is 6.17. The average Bonchev–Trinajstić information content (AvgIpc) is 2.89. The molecule has 0 aliphatic heterocycles. The van der Waals surface area contributed by atoms with Crippen LogP contribution in [0.1, 0.15) is 42.9 Å². The van der Waals surface area contributed by atoms with Gasteiger partial charge >= 0.3 is 0 Å². The van der Waals surface area contributed by atoms with Crippen molar-refractivity contribution in [2.75, 3.05) is 12.3 Å². The number of carbonyl (C=O) groups excluding carboxylic acids is 2. The van der Waals surface area contributed by atoms with E-state index in [9.17, 15) is 14.0 Å². The van der Waals surface area contributed by atoms with E-state index >= 15 is 0 Å². The number of hydrogen-bond donors (Lipinski definition) is 1. The number of amides is 2. The molecule has 0 spiro atoms. The molecule has 3 aromatic rings. The lowest BCUT2D eigenvalue weighted by Gasteiger charge is -2.31. The highest BCUT2D eigenvalue weighted by Gasteiger charge is 2.30. The van der Waals surface area contributed by atoms with Crippen LogP contribution >= 0.6 is 11.8 Å². The molecule has 0 saturated heterocycles. The third kappa shape index (κ3) is 8.83. The Morgan fingerprint density at radius 2 is 1.64 bits per heavy atom.